The predicted molar refractivity (Wildman–Crippen MR) is 138 cm³/mol. The summed E-state index contributed by atoms with van der Waals surface area (Å²) in [5, 5.41) is 9.13. The summed E-state index contributed by atoms with van der Waals surface area (Å²) >= 11 is 13.3. The van der Waals surface area contributed by atoms with Gasteiger partial charge < -0.3 is 14.7 Å². The first-order valence-corrected chi connectivity index (χ1v) is 12.7. The molecule has 1 saturated heterocycles. The van der Waals surface area contributed by atoms with Crippen molar-refractivity contribution in [1.29, 1.82) is 0 Å². The molecule has 1 aliphatic rings. The number of carbonyl (C=O) groups is 2. The highest BCUT2D eigenvalue weighted by Gasteiger charge is 2.34. The van der Waals surface area contributed by atoms with Gasteiger partial charge in [-0.3, -0.25) is 9.59 Å². The van der Waals surface area contributed by atoms with Crippen LogP contribution in [0.3, 0.4) is 0 Å². The number of ether oxygens (including phenoxy) is 1. The third-order valence-corrected chi connectivity index (χ3v) is 6.38. The molecule has 2 aromatic carbocycles. The van der Waals surface area contributed by atoms with Crippen molar-refractivity contribution in [2.24, 2.45) is 0 Å². The van der Waals surface area contributed by atoms with E-state index in [0.29, 0.717) is 21.9 Å². The van der Waals surface area contributed by atoms with E-state index in [0.717, 1.165) is 24.7 Å². The third-order valence-electron chi connectivity index (χ3n) is 4.65. The van der Waals surface area contributed by atoms with Gasteiger partial charge in [0.15, 0.2) is 0 Å². The van der Waals surface area contributed by atoms with Gasteiger partial charge in [0, 0.05) is 28.8 Å². The fraction of sp³-hybridized carbons (Fsp3) is 0.440. The summed E-state index contributed by atoms with van der Waals surface area (Å²) in [6, 6.07) is 13.8. The van der Waals surface area contributed by atoms with Crippen LogP contribution in [-0.4, -0.2) is 52.1 Å². The number of rotatable bonds is 6. The second kappa shape index (κ2) is 16.0. The van der Waals surface area contributed by atoms with Gasteiger partial charge in [0.05, 0.1) is 12.6 Å². The van der Waals surface area contributed by atoms with E-state index >= 15 is 0 Å². The van der Waals surface area contributed by atoms with Gasteiger partial charge in [-0.2, -0.15) is 11.8 Å². The van der Waals surface area contributed by atoms with Crippen LogP contribution in [0, 0.1) is 5.82 Å². The zero-order valence-corrected chi connectivity index (χ0v) is 22.2. The zero-order valence-electron chi connectivity index (χ0n) is 19.8. The van der Waals surface area contributed by atoms with E-state index in [9.17, 15) is 9.18 Å². The smallest absolute Gasteiger partial charge is 0.300 e. The number of carboxylic acid groups (broad SMARTS) is 1. The maximum absolute atomic E-state index is 12.5. The van der Waals surface area contributed by atoms with Crippen LogP contribution in [0.25, 0.3) is 0 Å². The lowest BCUT2D eigenvalue weighted by molar-refractivity contribution is -0.151. The summed E-state index contributed by atoms with van der Waals surface area (Å²) in [7, 11) is 0. The number of morpholine rings is 1. The van der Waals surface area contributed by atoms with Crippen LogP contribution in [0.5, 0.6) is 0 Å². The standard InChI is InChI=1S/C17H24ClNO2S.C6H4ClF.C2H4O2/c1-4-15(11-22-12(2)3)19-16(9-21-10-17(19)20)13-5-7-14(18)8-6-13;7-5-2-1-3-6(8)4-5;1-2(3)4/h5-8,12,15-16H,4,9-11H2,1-3H3;1-4H;1H3,(H,3,4)/t15-,16-;;/m0../s1. The minimum absolute atomic E-state index is 0.0174. The summed E-state index contributed by atoms with van der Waals surface area (Å²) in [6.45, 7) is 8.35. The Kier molecular flexibility index (Phi) is 14.2. The predicted octanol–water partition coefficient (Wildman–Crippen LogP) is 6.73. The Morgan fingerprint density at radius 1 is 1.21 bits per heavy atom. The number of amides is 1. The van der Waals surface area contributed by atoms with Crippen LogP contribution in [-0.2, 0) is 14.3 Å². The molecule has 0 bridgehead atoms. The summed E-state index contributed by atoms with van der Waals surface area (Å²) < 4.78 is 17.6. The largest absolute Gasteiger partial charge is 0.481 e. The number of thioether (sulfide) groups is 1. The maximum atomic E-state index is 12.5. The molecule has 9 heteroatoms. The Morgan fingerprint density at radius 3 is 2.29 bits per heavy atom. The van der Waals surface area contributed by atoms with Crippen LogP contribution in [0.1, 0.15) is 45.7 Å². The number of hydrogen-bond acceptors (Lipinski definition) is 4. The van der Waals surface area contributed by atoms with Crippen molar-refractivity contribution in [3.8, 4) is 0 Å². The van der Waals surface area contributed by atoms with Gasteiger partial charge in [-0.25, -0.2) is 4.39 Å². The Morgan fingerprint density at radius 2 is 1.82 bits per heavy atom. The van der Waals surface area contributed by atoms with Crippen molar-refractivity contribution in [3.05, 3.63) is 70.0 Å². The van der Waals surface area contributed by atoms with E-state index in [1.807, 2.05) is 40.9 Å². The molecule has 5 nitrogen and oxygen atoms in total. The van der Waals surface area contributed by atoms with Crippen molar-refractivity contribution in [3.63, 3.8) is 0 Å². The number of carbonyl (C=O) groups excluding carboxylic acids is 1. The minimum Gasteiger partial charge on any atom is -0.481 e. The second-order valence-corrected chi connectivity index (χ2v) is 10.3. The fourth-order valence-electron chi connectivity index (χ4n) is 3.14. The highest BCUT2D eigenvalue weighted by molar-refractivity contribution is 7.99. The van der Waals surface area contributed by atoms with Crippen molar-refractivity contribution in [2.45, 2.75) is 51.4 Å². The highest BCUT2D eigenvalue weighted by atomic mass is 35.5. The lowest BCUT2D eigenvalue weighted by atomic mass is 10.0. The molecular weight excluding hydrogens is 500 g/mol. The Labute approximate surface area is 215 Å². The van der Waals surface area contributed by atoms with Gasteiger partial charge in [0.25, 0.3) is 5.97 Å². The van der Waals surface area contributed by atoms with Gasteiger partial charge in [0.2, 0.25) is 5.91 Å². The molecule has 1 fully saturated rings. The molecule has 0 radical (unpaired) electrons. The van der Waals surface area contributed by atoms with Crippen LogP contribution in [0.15, 0.2) is 48.5 Å². The maximum Gasteiger partial charge on any atom is 0.300 e. The summed E-state index contributed by atoms with van der Waals surface area (Å²) in [5.74, 6) is -0.0795. The molecule has 1 aliphatic heterocycles. The van der Waals surface area contributed by atoms with Crippen LogP contribution in [0.2, 0.25) is 10.0 Å². The average Bonchev–Trinajstić information content (AvgIpc) is 2.75. The first-order valence-electron chi connectivity index (χ1n) is 10.9. The number of nitrogens with zero attached hydrogens (tertiary/aromatic N) is 1. The third kappa shape index (κ3) is 11.6. The molecule has 1 amide bonds. The Bertz CT molecular complexity index is 877. The van der Waals surface area contributed by atoms with E-state index in [-0.39, 0.29) is 30.4 Å². The Balaban J connectivity index is 0.000000395. The second-order valence-electron chi connectivity index (χ2n) is 7.79. The monoisotopic (exact) mass is 531 g/mol. The minimum atomic E-state index is -0.833. The summed E-state index contributed by atoms with van der Waals surface area (Å²) in [4.78, 5) is 23.5. The van der Waals surface area contributed by atoms with Crippen molar-refractivity contribution in [2.75, 3.05) is 19.0 Å². The molecule has 0 saturated carbocycles. The molecule has 2 atom stereocenters. The number of halogens is 3. The lowest BCUT2D eigenvalue weighted by Gasteiger charge is -2.41. The topological polar surface area (TPSA) is 66.8 Å². The normalized spacial score (nSPS) is 16.2. The van der Waals surface area contributed by atoms with E-state index in [4.69, 9.17) is 37.8 Å². The van der Waals surface area contributed by atoms with Crippen LogP contribution >= 0.6 is 35.0 Å². The molecule has 1 heterocycles. The molecule has 0 unspecified atom stereocenters. The van der Waals surface area contributed by atoms with E-state index in [2.05, 4.69) is 20.8 Å². The Hall–Kier alpha value is -1.80. The van der Waals surface area contributed by atoms with Gasteiger partial charge >= 0.3 is 0 Å². The number of carboxylic acids is 1. The average molecular weight is 533 g/mol. The van der Waals surface area contributed by atoms with Crippen molar-refractivity contribution in [1.82, 2.24) is 4.90 Å². The first-order chi connectivity index (χ1) is 16.0. The zero-order chi connectivity index (χ0) is 25.7. The summed E-state index contributed by atoms with van der Waals surface area (Å²) in [6.07, 6.45) is 0.954. The van der Waals surface area contributed by atoms with Gasteiger partial charge in [-0.15, -0.1) is 0 Å². The van der Waals surface area contributed by atoms with E-state index in [1.54, 1.807) is 12.1 Å². The van der Waals surface area contributed by atoms with Gasteiger partial charge in [0.1, 0.15) is 12.4 Å². The highest BCUT2D eigenvalue weighted by Crippen LogP contribution is 2.30. The molecule has 0 aromatic heterocycles. The van der Waals surface area contributed by atoms with Gasteiger partial charge in [-0.1, -0.05) is 62.2 Å². The van der Waals surface area contributed by atoms with Crippen molar-refractivity contribution < 1.29 is 23.8 Å². The first kappa shape index (κ1) is 30.2. The van der Waals surface area contributed by atoms with Crippen molar-refractivity contribution >= 4 is 46.8 Å². The van der Waals surface area contributed by atoms with E-state index < -0.39 is 5.97 Å². The molecule has 0 spiro atoms. The lowest BCUT2D eigenvalue weighted by Crippen LogP contribution is -2.50. The van der Waals surface area contributed by atoms with Gasteiger partial charge in [-0.05, 0) is 47.6 Å². The fourth-order valence-corrected chi connectivity index (χ4v) is 4.45. The van der Waals surface area contributed by atoms with Crippen LogP contribution in [0.4, 0.5) is 4.39 Å². The number of aliphatic carboxylic acids is 1. The molecule has 3 rings (SSSR count). The quantitative estimate of drug-likeness (QED) is 0.447. The number of benzene rings is 2. The molecule has 1 N–H and O–H groups in total. The van der Waals surface area contributed by atoms with E-state index in [1.165, 1.54) is 12.1 Å². The molecule has 0 aliphatic carbocycles. The molecular formula is C25H32Cl2FNO4S. The number of hydrogen-bond donors (Lipinski definition) is 1. The molecule has 188 valence electrons. The molecule has 2 aromatic rings. The summed E-state index contributed by atoms with van der Waals surface area (Å²) in [5.41, 5.74) is 1.09. The molecule has 34 heavy (non-hydrogen) atoms. The van der Waals surface area contributed by atoms with Crippen LogP contribution < -0.4 is 0 Å². The SMILES string of the molecule is CC(=O)O.CC[C@@H](CSC(C)C)N1C(=O)COC[C@H]1c1ccc(Cl)cc1.Fc1cccc(Cl)c1.